The van der Waals surface area contributed by atoms with Gasteiger partial charge in [0.2, 0.25) is 0 Å². The van der Waals surface area contributed by atoms with Crippen LogP contribution >= 0.6 is 32.7 Å². The van der Waals surface area contributed by atoms with Gasteiger partial charge in [0.25, 0.3) is 18.1 Å². The molecule has 142 valence electrons. The summed E-state index contributed by atoms with van der Waals surface area (Å²) in [7, 11) is 3.13. The first-order valence-electron chi connectivity index (χ1n) is 7.22. The van der Waals surface area contributed by atoms with E-state index in [4.69, 9.17) is 21.4 Å². The van der Waals surface area contributed by atoms with Gasteiger partial charge in [0.15, 0.2) is 4.21 Å². The molecule has 0 aliphatic heterocycles. The molecule has 1 aromatic carbocycles. The minimum absolute atomic E-state index is 0.150. The Bertz CT molecular complexity index is 900. The van der Waals surface area contributed by atoms with Crippen LogP contribution in [0, 0.1) is 27.7 Å². The van der Waals surface area contributed by atoms with Gasteiger partial charge < -0.3 is 0 Å². The molecule has 10 heteroatoms. The molecule has 25 heavy (non-hydrogen) atoms. The molecule has 0 aliphatic rings. The number of benzene rings is 1. The van der Waals surface area contributed by atoms with E-state index in [1.807, 2.05) is 33.8 Å². The van der Waals surface area contributed by atoms with Gasteiger partial charge in [-0.15, -0.1) is 11.3 Å². The van der Waals surface area contributed by atoms with E-state index in [1.54, 1.807) is 26.0 Å². The minimum atomic E-state index is -3.58. The lowest BCUT2D eigenvalue weighted by molar-refractivity contribution is 0.608. The van der Waals surface area contributed by atoms with E-state index in [2.05, 4.69) is 4.98 Å². The number of hydrogen-bond acceptors (Lipinski definition) is 6. The van der Waals surface area contributed by atoms with Gasteiger partial charge in [0.05, 0.1) is 15.6 Å². The van der Waals surface area contributed by atoms with Crippen LogP contribution in [0.5, 0.6) is 0 Å². The van der Waals surface area contributed by atoms with Gasteiger partial charge in [-0.3, -0.25) is 0 Å². The first kappa shape index (κ1) is 24.3. The Hall–Kier alpha value is -0.670. The molecule has 0 bridgehead atoms. The standard InChI is InChI=1S/C8H9ClO2S.C5H6ClNO2S2.C2H6/c1-6-3-7(2)5-8(4-6)12(9,10)11;1-3-5(11(6,8)9)10-4(2)7-3;1-2/h3-5H,1-2H3;1-2H3;1-2H3. The summed E-state index contributed by atoms with van der Waals surface area (Å²) in [5, 5.41) is 0.710. The van der Waals surface area contributed by atoms with Crippen molar-refractivity contribution in [3.05, 3.63) is 40.0 Å². The molecule has 0 aliphatic carbocycles. The van der Waals surface area contributed by atoms with Gasteiger partial charge in [-0.25, -0.2) is 21.8 Å². The molecule has 1 heterocycles. The maximum Gasteiger partial charge on any atom is 0.272 e. The van der Waals surface area contributed by atoms with Gasteiger partial charge in [0.1, 0.15) is 0 Å². The van der Waals surface area contributed by atoms with Crippen molar-refractivity contribution in [1.82, 2.24) is 4.98 Å². The Morgan fingerprint density at radius 3 is 1.52 bits per heavy atom. The van der Waals surface area contributed by atoms with E-state index in [0.29, 0.717) is 10.7 Å². The molecule has 0 N–H and O–H groups in total. The summed E-state index contributed by atoms with van der Waals surface area (Å²) in [4.78, 5) is 4.10. The Morgan fingerprint density at radius 2 is 1.28 bits per heavy atom. The van der Waals surface area contributed by atoms with E-state index in [1.165, 1.54) is 0 Å². The van der Waals surface area contributed by atoms with Crippen molar-refractivity contribution in [3.8, 4) is 0 Å². The summed E-state index contributed by atoms with van der Waals surface area (Å²) < 4.78 is 43.6. The quantitative estimate of drug-likeness (QED) is 0.610. The fourth-order valence-corrected chi connectivity index (χ4v) is 5.15. The largest absolute Gasteiger partial charge is 0.272 e. The van der Waals surface area contributed by atoms with Crippen LogP contribution in [0.25, 0.3) is 0 Å². The normalized spacial score (nSPS) is 11.0. The predicted octanol–water partition coefficient (Wildman–Crippen LogP) is 4.94. The number of aromatic nitrogens is 1. The first-order chi connectivity index (χ1) is 11.3. The van der Waals surface area contributed by atoms with Crippen LogP contribution in [-0.4, -0.2) is 21.8 Å². The molecule has 2 aromatic rings. The Balaban J connectivity index is 0.000000421. The monoisotopic (exact) mass is 445 g/mol. The molecule has 0 fully saturated rings. The zero-order valence-corrected chi connectivity index (χ0v) is 18.8. The van der Waals surface area contributed by atoms with Crippen LogP contribution < -0.4 is 0 Å². The number of hydrogen-bond donors (Lipinski definition) is 0. The Morgan fingerprint density at radius 1 is 0.840 bits per heavy atom. The van der Waals surface area contributed by atoms with E-state index in [9.17, 15) is 16.8 Å². The highest BCUT2D eigenvalue weighted by atomic mass is 35.7. The predicted molar refractivity (Wildman–Crippen MR) is 105 cm³/mol. The topological polar surface area (TPSA) is 81.2 Å². The summed E-state index contributed by atoms with van der Waals surface area (Å²) >= 11 is 1.09. The zero-order chi connectivity index (χ0) is 20.0. The van der Waals surface area contributed by atoms with E-state index >= 15 is 0 Å². The smallest absolute Gasteiger partial charge is 0.245 e. The molecule has 0 radical (unpaired) electrons. The molecular weight excluding hydrogens is 425 g/mol. The van der Waals surface area contributed by atoms with Gasteiger partial charge in [-0.05, 0) is 51.0 Å². The third kappa shape index (κ3) is 8.50. The number of aryl methyl sites for hydroxylation is 4. The Labute approximate surface area is 162 Å². The van der Waals surface area contributed by atoms with Gasteiger partial charge >= 0.3 is 0 Å². The van der Waals surface area contributed by atoms with Gasteiger partial charge in [-0.1, -0.05) is 19.9 Å². The van der Waals surface area contributed by atoms with Crippen molar-refractivity contribution in [2.24, 2.45) is 0 Å². The fourth-order valence-electron chi connectivity index (χ4n) is 1.81. The van der Waals surface area contributed by atoms with Crippen molar-refractivity contribution in [3.63, 3.8) is 0 Å². The molecule has 0 saturated heterocycles. The van der Waals surface area contributed by atoms with E-state index < -0.39 is 18.1 Å². The maximum atomic E-state index is 10.9. The third-order valence-corrected chi connectivity index (χ3v) is 7.14. The van der Waals surface area contributed by atoms with Crippen molar-refractivity contribution in [1.29, 1.82) is 0 Å². The lowest BCUT2D eigenvalue weighted by atomic mass is 10.2. The summed E-state index contributed by atoms with van der Waals surface area (Å²) in [5.74, 6) is 0. The van der Waals surface area contributed by atoms with Crippen LogP contribution in [0.3, 0.4) is 0 Å². The fraction of sp³-hybridized carbons (Fsp3) is 0.400. The van der Waals surface area contributed by atoms with E-state index in [-0.39, 0.29) is 9.10 Å². The molecule has 0 saturated carbocycles. The van der Waals surface area contributed by atoms with Crippen molar-refractivity contribution >= 4 is 50.8 Å². The van der Waals surface area contributed by atoms with Crippen LogP contribution in [0.4, 0.5) is 0 Å². The molecule has 0 spiro atoms. The van der Waals surface area contributed by atoms with Crippen molar-refractivity contribution in [2.75, 3.05) is 0 Å². The number of rotatable bonds is 2. The molecule has 0 unspecified atom stereocenters. The lowest BCUT2D eigenvalue weighted by Crippen LogP contribution is -1.92. The van der Waals surface area contributed by atoms with E-state index in [0.717, 1.165) is 22.5 Å². The summed E-state index contributed by atoms with van der Waals surface area (Å²) in [6.07, 6.45) is 0. The molecule has 0 amide bonds. The van der Waals surface area contributed by atoms with Crippen molar-refractivity contribution < 1.29 is 16.8 Å². The van der Waals surface area contributed by atoms with Crippen LogP contribution in [0.15, 0.2) is 27.3 Å². The highest BCUT2D eigenvalue weighted by Crippen LogP contribution is 2.25. The zero-order valence-electron chi connectivity index (χ0n) is 14.8. The molecule has 1 aromatic heterocycles. The number of thiazole rings is 1. The third-order valence-electron chi connectivity index (χ3n) is 2.56. The maximum absolute atomic E-state index is 10.9. The van der Waals surface area contributed by atoms with Gasteiger partial charge in [-0.2, -0.15) is 0 Å². The SMILES string of the molecule is CC.Cc1cc(C)cc(S(=O)(=O)Cl)c1.Cc1nc(C)c(S(=O)(=O)Cl)s1. The Kier molecular flexibility index (Phi) is 9.61. The lowest BCUT2D eigenvalue weighted by Gasteiger charge is -2.00. The average molecular weight is 446 g/mol. The van der Waals surface area contributed by atoms with Crippen LogP contribution in [0.1, 0.15) is 35.7 Å². The summed E-state index contributed by atoms with van der Waals surface area (Å²) in [5.41, 5.74) is 2.27. The highest BCUT2D eigenvalue weighted by molar-refractivity contribution is 8.15. The van der Waals surface area contributed by atoms with Crippen LogP contribution in [0.2, 0.25) is 0 Å². The van der Waals surface area contributed by atoms with Gasteiger partial charge in [0, 0.05) is 21.4 Å². The second-order valence-corrected chi connectivity index (χ2v) is 11.3. The minimum Gasteiger partial charge on any atom is -0.245 e. The average Bonchev–Trinajstić information content (AvgIpc) is 2.79. The highest BCUT2D eigenvalue weighted by Gasteiger charge is 2.17. The molecular formula is C15H21Cl2NO4S3. The second-order valence-electron chi connectivity index (χ2n) is 4.80. The molecule has 0 atom stereocenters. The second kappa shape index (κ2) is 9.87. The van der Waals surface area contributed by atoms with Crippen molar-refractivity contribution in [2.45, 2.75) is 50.6 Å². The summed E-state index contributed by atoms with van der Waals surface area (Å²) in [6, 6.07) is 5.00. The number of nitrogens with zero attached hydrogens (tertiary/aromatic N) is 1. The van der Waals surface area contributed by atoms with Crippen LogP contribution in [-0.2, 0) is 18.1 Å². The first-order valence-corrected chi connectivity index (χ1v) is 12.7. The molecule has 2 rings (SSSR count). The molecule has 5 nitrogen and oxygen atoms in total. The summed E-state index contributed by atoms with van der Waals surface area (Å²) in [6.45, 7) is 11.0. The number of halogens is 2.